The Morgan fingerprint density at radius 3 is 2.55 bits per heavy atom. The van der Waals surface area contributed by atoms with Crippen molar-refractivity contribution < 1.29 is 18.0 Å². The number of hydrogen-bond acceptors (Lipinski definition) is 5. The monoisotopic (exact) mass is 433 g/mol. The van der Waals surface area contributed by atoms with Crippen LogP contribution < -0.4 is 16.1 Å². The van der Waals surface area contributed by atoms with Gasteiger partial charge in [0, 0.05) is 44.7 Å². The quantitative estimate of drug-likeness (QED) is 0.745. The summed E-state index contributed by atoms with van der Waals surface area (Å²) in [5.41, 5.74) is -0.425. The molecule has 0 spiro atoms. The molecular formula is C18H23ClF3N5O2. The summed E-state index contributed by atoms with van der Waals surface area (Å²) in [5, 5.41) is 9.62. The van der Waals surface area contributed by atoms with E-state index in [1.54, 1.807) is 31.2 Å². The molecule has 1 fully saturated rings. The van der Waals surface area contributed by atoms with Gasteiger partial charge in [0.05, 0.1) is 5.52 Å². The number of rotatable bonds is 5. The highest BCUT2D eigenvalue weighted by atomic mass is 35.5. The molecule has 0 radical (unpaired) electrons. The summed E-state index contributed by atoms with van der Waals surface area (Å²) in [7, 11) is 0. The van der Waals surface area contributed by atoms with Crippen molar-refractivity contribution in [3.8, 4) is 0 Å². The fourth-order valence-electron chi connectivity index (χ4n) is 3.35. The Morgan fingerprint density at radius 2 is 1.93 bits per heavy atom. The predicted octanol–water partition coefficient (Wildman–Crippen LogP) is 1.40. The third-order valence-corrected chi connectivity index (χ3v) is 4.80. The average Bonchev–Trinajstić information content (AvgIpc) is 2.68. The lowest BCUT2D eigenvalue weighted by Gasteiger charge is -2.35. The molecule has 2 heterocycles. The van der Waals surface area contributed by atoms with E-state index >= 15 is 0 Å². The van der Waals surface area contributed by atoms with Crippen LogP contribution >= 0.6 is 12.4 Å². The SMILES string of the molecule is CCn1nc(C(=O)NCC(N2CCNCC2)C(F)(F)F)c(=O)c2ccccc21.Cl. The predicted molar refractivity (Wildman–Crippen MR) is 106 cm³/mol. The zero-order valence-corrected chi connectivity index (χ0v) is 16.6. The first-order valence-corrected chi connectivity index (χ1v) is 9.12. The standard InChI is InChI=1S/C18H22F3N5O2.ClH/c1-2-26-13-6-4-3-5-12(13)16(27)15(24-26)17(28)23-11-14(18(19,20)21)25-9-7-22-8-10-25;/h3-6,14,22H,2,7-11H2,1H3,(H,23,28);1H. The minimum atomic E-state index is -4.49. The fraction of sp³-hybridized carbons (Fsp3) is 0.500. The van der Waals surface area contributed by atoms with Crippen molar-refractivity contribution in [2.45, 2.75) is 25.7 Å². The zero-order chi connectivity index (χ0) is 20.3. The molecule has 7 nitrogen and oxygen atoms in total. The second-order valence-corrected chi connectivity index (χ2v) is 6.56. The van der Waals surface area contributed by atoms with Crippen molar-refractivity contribution in [3.05, 3.63) is 40.2 Å². The summed E-state index contributed by atoms with van der Waals surface area (Å²) in [6, 6.07) is 4.87. The molecule has 11 heteroatoms. The van der Waals surface area contributed by atoms with E-state index in [4.69, 9.17) is 0 Å². The molecule has 1 aliphatic rings. The molecule has 0 aliphatic carbocycles. The van der Waals surface area contributed by atoms with E-state index in [1.165, 1.54) is 9.58 Å². The molecular weight excluding hydrogens is 411 g/mol. The van der Waals surface area contributed by atoms with Crippen LogP contribution in [0.25, 0.3) is 10.9 Å². The molecule has 160 valence electrons. The Labute approximate surface area is 171 Å². The average molecular weight is 434 g/mol. The smallest absolute Gasteiger partial charge is 0.349 e. The maximum absolute atomic E-state index is 13.5. The number of alkyl halides is 3. The van der Waals surface area contributed by atoms with Gasteiger partial charge in [-0.15, -0.1) is 12.4 Å². The first-order chi connectivity index (χ1) is 13.3. The summed E-state index contributed by atoms with van der Waals surface area (Å²) in [6.45, 7) is 2.95. The first kappa shape index (κ1) is 23.1. The zero-order valence-electron chi connectivity index (χ0n) is 15.8. The van der Waals surface area contributed by atoms with Gasteiger partial charge < -0.3 is 10.6 Å². The number of carbonyl (C=O) groups excluding carboxylic acids is 1. The second kappa shape index (κ2) is 9.55. The third kappa shape index (κ3) is 5.06. The number of halogens is 4. The van der Waals surface area contributed by atoms with Gasteiger partial charge in [-0.2, -0.15) is 18.3 Å². The van der Waals surface area contributed by atoms with E-state index in [9.17, 15) is 22.8 Å². The Kier molecular flexibility index (Phi) is 7.61. The molecule has 0 bridgehead atoms. The Morgan fingerprint density at radius 1 is 1.28 bits per heavy atom. The van der Waals surface area contributed by atoms with Crippen LogP contribution in [0.3, 0.4) is 0 Å². The van der Waals surface area contributed by atoms with Crippen LogP contribution in [0.2, 0.25) is 0 Å². The molecule has 1 aliphatic heterocycles. The highest BCUT2D eigenvalue weighted by Crippen LogP contribution is 2.24. The van der Waals surface area contributed by atoms with Crippen molar-refractivity contribution in [1.29, 1.82) is 0 Å². The van der Waals surface area contributed by atoms with E-state index in [1.807, 2.05) is 0 Å². The molecule has 2 N–H and O–H groups in total. The number of hydrogen-bond donors (Lipinski definition) is 2. The van der Waals surface area contributed by atoms with Crippen molar-refractivity contribution >= 4 is 29.2 Å². The van der Waals surface area contributed by atoms with Gasteiger partial charge in [0.2, 0.25) is 5.43 Å². The lowest BCUT2D eigenvalue weighted by Crippen LogP contribution is -2.57. The van der Waals surface area contributed by atoms with Gasteiger partial charge in [-0.1, -0.05) is 12.1 Å². The Balaban J connectivity index is 0.00000300. The molecule has 29 heavy (non-hydrogen) atoms. The van der Waals surface area contributed by atoms with Crippen molar-refractivity contribution in [1.82, 2.24) is 25.3 Å². The van der Waals surface area contributed by atoms with E-state index in [0.29, 0.717) is 30.5 Å². The van der Waals surface area contributed by atoms with Crippen molar-refractivity contribution in [3.63, 3.8) is 0 Å². The number of aromatic nitrogens is 2. The van der Waals surface area contributed by atoms with Crippen LogP contribution in [0.4, 0.5) is 13.2 Å². The van der Waals surface area contributed by atoms with Crippen LogP contribution in [0.1, 0.15) is 17.4 Å². The molecule has 2 aromatic rings. The van der Waals surface area contributed by atoms with Crippen LogP contribution in [0, 0.1) is 0 Å². The lowest BCUT2D eigenvalue weighted by molar-refractivity contribution is -0.183. The molecule has 1 atom stereocenters. The van der Waals surface area contributed by atoms with Crippen LogP contribution in [0.15, 0.2) is 29.1 Å². The fourth-order valence-corrected chi connectivity index (χ4v) is 3.35. The Bertz CT molecular complexity index is 912. The normalized spacial score (nSPS) is 16.3. The van der Waals surface area contributed by atoms with E-state index < -0.39 is 35.8 Å². The molecule has 1 aromatic carbocycles. The second-order valence-electron chi connectivity index (χ2n) is 6.56. The summed E-state index contributed by atoms with van der Waals surface area (Å²) < 4.78 is 41.9. The van der Waals surface area contributed by atoms with Gasteiger partial charge >= 0.3 is 6.18 Å². The van der Waals surface area contributed by atoms with Crippen LogP contribution in [0.5, 0.6) is 0 Å². The maximum Gasteiger partial charge on any atom is 0.405 e. The number of para-hydroxylation sites is 1. The number of fused-ring (bicyclic) bond motifs is 1. The number of nitrogens with one attached hydrogen (secondary N) is 2. The molecule has 1 aromatic heterocycles. The maximum atomic E-state index is 13.5. The van der Waals surface area contributed by atoms with Gasteiger partial charge in [0.25, 0.3) is 5.91 Å². The van der Waals surface area contributed by atoms with Gasteiger partial charge in [-0.3, -0.25) is 19.2 Å². The summed E-state index contributed by atoms with van der Waals surface area (Å²) in [5.74, 6) is -0.901. The summed E-state index contributed by atoms with van der Waals surface area (Å²) >= 11 is 0. The van der Waals surface area contributed by atoms with Gasteiger partial charge in [-0.25, -0.2) is 0 Å². The van der Waals surface area contributed by atoms with E-state index in [2.05, 4.69) is 15.7 Å². The number of amides is 1. The van der Waals surface area contributed by atoms with E-state index in [0.717, 1.165) is 0 Å². The number of aryl methyl sites for hydroxylation is 1. The van der Waals surface area contributed by atoms with Crippen molar-refractivity contribution in [2.75, 3.05) is 32.7 Å². The number of piperazine rings is 1. The minimum Gasteiger partial charge on any atom is -0.349 e. The van der Waals surface area contributed by atoms with Gasteiger partial charge in [0.1, 0.15) is 6.04 Å². The van der Waals surface area contributed by atoms with Gasteiger partial charge in [0.15, 0.2) is 5.69 Å². The third-order valence-electron chi connectivity index (χ3n) is 4.80. The first-order valence-electron chi connectivity index (χ1n) is 9.12. The lowest BCUT2D eigenvalue weighted by atomic mass is 10.1. The van der Waals surface area contributed by atoms with Crippen LogP contribution in [-0.2, 0) is 6.54 Å². The molecule has 3 rings (SSSR count). The Hall–Kier alpha value is -2.17. The minimum absolute atomic E-state index is 0. The number of benzene rings is 1. The van der Waals surface area contributed by atoms with Gasteiger partial charge in [-0.05, 0) is 19.1 Å². The largest absolute Gasteiger partial charge is 0.405 e. The number of carbonyl (C=O) groups is 1. The molecule has 0 saturated carbocycles. The highest BCUT2D eigenvalue weighted by molar-refractivity contribution is 5.95. The summed E-state index contributed by atoms with van der Waals surface area (Å²) in [4.78, 5) is 26.4. The summed E-state index contributed by atoms with van der Waals surface area (Å²) in [6.07, 6.45) is -4.49. The molecule has 1 amide bonds. The van der Waals surface area contributed by atoms with E-state index in [-0.39, 0.29) is 25.5 Å². The molecule has 1 saturated heterocycles. The molecule has 1 unspecified atom stereocenters. The topological polar surface area (TPSA) is 79.3 Å². The van der Waals surface area contributed by atoms with Crippen LogP contribution in [-0.4, -0.2) is 65.5 Å². The van der Waals surface area contributed by atoms with Crippen molar-refractivity contribution in [2.24, 2.45) is 0 Å². The highest BCUT2D eigenvalue weighted by Gasteiger charge is 2.44. The number of nitrogens with zero attached hydrogens (tertiary/aromatic N) is 3.